The summed E-state index contributed by atoms with van der Waals surface area (Å²) in [5.74, 6) is -0.0186. The van der Waals surface area contributed by atoms with Gasteiger partial charge in [0, 0.05) is 18.7 Å². The van der Waals surface area contributed by atoms with E-state index in [2.05, 4.69) is 10.6 Å². The number of amides is 3. The van der Waals surface area contributed by atoms with Gasteiger partial charge >= 0.3 is 6.03 Å². The molecule has 130 valence electrons. The molecule has 0 bridgehead atoms. The predicted molar refractivity (Wildman–Crippen MR) is 101 cm³/mol. The number of carbonyl (C=O) groups is 2. The topological polar surface area (TPSA) is 61.4 Å². The van der Waals surface area contributed by atoms with E-state index >= 15 is 0 Å². The van der Waals surface area contributed by atoms with Crippen LogP contribution in [0, 0.1) is 6.92 Å². The van der Waals surface area contributed by atoms with E-state index in [0.717, 1.165) is 11.3 Å². The molecule has 0 radical (unpaired) electrons. The molecule has 1 atom stereocenters. The highest BCUT2D eigenvalue weighted by Crippen LogP contribution is 2.29. The van der Waals surface area contributed by atoms with Crippen molar-refractivity contribution in [2.24, 2.45) is 0 Å². The highest BCUT2D eigenvalue weighted by molar-refractivity contribution is 6.43. The van der Waals surface area contributed by atoms with Crippen LogP contribution in [0.5, 0.6) is 0 Å². The van der Waals surface area contributed by atoms with Gasteiger partial charge in [0.2, 0.25) is 5.91 Å². The number of nitrogens with zero attached hydrogens (tertiary/aromatic N) is 1. The number of aryl methyl sites for hydroxylation is 1. The summed E-state index contributed by atoms with van der Waals surface area (Å²) >= 11 is 12.0. The Morgan fingerprint density at radius 3 is 2.60 bits per heavy atom. The molecule has 7 heteroatoms. The van der Waals surface area contributed by atoms with Crippen LogP contribution in [0.15, 0.2) is 42.5 Å². The maximum Gasteiger partial charge on any atom is 0.319 e. The molecule has 1 heterocycles. The number of hydrogen-bond acceptors (Lipinski definition) is 2. The van der Waals surface area contributed by atoms with E-state index in [-0.39, 0.29) is 23.4 Å². The van der Waals surface area contributed by atoms with Gasteiger partial charge in [0.1, 0.15) is 0 Å². The predicted octanol–water partition coefficient (Wildman–Crippen LogP) is 4.23. The van der Waals surface area contributed by atoms with Crippen molar-refractivity contribution >= 4 is 46.5 Å². The first-order valence-electron chi connectivity index (χ1n) is 7.82. The molecular formula is C18H17Cl2N3O2. The SMILES string of the molecule is Cc1ccc(N2C[C@@H](NC(=O)Nc3cccc(Cl)c3Cl)CC2=O)cc1. The molecule has 1 aliphatic heterocycles. The molecule has 0 aromatic heterocycles. The zero-order valence-corrected chi connectivity index (χ0v) is 15.1. The molecule has 5 nitrogen and oxygen atoms in total. The molecule has 3 rings (SSSR count). The fourth-order valence-corrected chi connectivity index (χ4v) is 3.07. The molecule has 2 aromatic rings. The summed E-state index contributed by atoms with van der Waals surface area (Å²) in [5, 5.41) is 6.10. The highest BCUT2D eigenvalue weighted by Gasteiger charge is 2.31. The molecule has 0 spiro atoms. The van der Waals surface area contributed by atoms with Gasteiger partial charge in [-0.2, -0.15) is 0 Å². The second kappa shape index (κ2) is 7.33. The maximum atomic E-state index is 12.2. The number of rotatable bonds is 3. The minimum Gasteiger partial charge on any atom is -0.333 e. The fraction of sp³-hybridized carbons (Fsp3) is 0.222. The van der Waals surface area contributed by atoms with Crippen molar-refractivity contribution in [1.29, 1.82) is 0 Å². The lowest BCUT2D eigenvalue weighted by molar-refractivity contribution is -0.117. The molecule has 1 fully saturated rings. The molecule has 0 aliphatic carbocycles. The van der Waals surface area contributed by atoms with Gasteiger partial charge in [0.15, 0.2) is 0 Å². The lowest BCUT2D eigenvalue weighted by Gasteiger charge is -2.18. The van der Waals surface area contributed by atoms with Gasteiger partial charge in [-0.1, -0.05) is 47.0 Å². The van der Waals surface area contributed by atoms with Crippen LogP contribution in [0.25, 0.3) is 0 Å². The van der Waals surface area contributed by atoms with E-state index in [1.54, 1.807) is 23.1 Å². The quantitative estimate of drug-likeness (QED) is 0.840. The van der Waals surface area contributed by atoms with Crippen molar-refractivity contribution in [2.45, 2.75) is 19.4 Å². The lowest BCUT2D eigenvalue weighted by Crippen LogP contribution is -2.39. The number of nitrogens with one attached hydrogen (secondary N) is 2. The van der Waals surface area contributed by atoms with Gasteiger partial charge in [-0.05, 0) is 31.2 Å². The highest BCUT2D eigenvalue weighted by atomic mass is 35.5. The van der Waals surface area contributed by atoms with Gasteiger partial charge < -0.3 is 15.5 Å². The van der Waals surface area contributed by atoms with E-state index in [1.807, 2.05) is 31.2 Å². The second-order valence-corrected chi connectivity index (χ2v) is 6.73. The minimum absolute atomic E-state index is 0.0186. The Labute approximate surface area is 155 Å². The first-order chi connectivity index (χ1) is 11.9. The minimum atomic E-state index is -0.423. The first-order valence-corrected chi connectivity index (χ1v) is 8.58. The van der Waals surface area contributed by atoms with Crippen LogP contribution < -0.4 is 15.5 Å². The molecule has 2 N–H and O–H groups in total. The number of halogens is 2. The molecule has 3 amide bonds. The Bertz CT molecular complexity index is 808. The van der Waals surface area contributed by atoms with Gasteiger partial charge in [-0.25, -0.2) is 4.79 Å². The summed E-state index contributed by atoms with van der Waals surface area (Å²) < 4.78 is 0. The van der Waals surface area contributed by atoms with Crippen LogP contribution >= 0.6 is 23.2 Å². The Hall–Kier alpha value is -2.24. The van der Waals surface area contributed by atoms with Gasteiger partial charge in [-0.3, -0.25) is 4.79 Å². The van der Waals surface area contributed by atoms with Crippen molar-refractivity contribution in [3.8, 4) is 0 Å². The van der Waals surface area contributed by atoms with E-state index < -0.39 is 6.03 Å². The summed E-state index contributed by atoms with van der Waals surface area (Å²) in [5.41, 5.74) is 2.38. The van der Waals surface area contributed by atoms with Crippen LogP contribution in [-0.2, 0) is 4.79 Å². The third kappa shape index (κ3) is 4.06. The zero-order chi connectivity index (χ0) is 18.0. The lowest BCUT2D eigenvalue weighted by atomic mass is 10.2. The van der Waals surface area contributed by atoms with Crippen molar-refractivity contribution in [1.82, 2.24) is 5.32 Å². The summed E-state index contributed by atoms with van der Waals surface area (Å²) in [7, 11) is 0. The smallest absolute Gasteiger partial charge is 0.319 e. The summed E-state index contributed by atoms with van der Waals surface area (Å²) in [4.78, 5) is 26.1. The van der Waals surface area contributed by atoms with Crippen LogP contribution in [0.1, 0.15) is 12.0 Å². The molecule has 1 saturated heterocycles. The van der Waals surface area contributed by atoms with Gasteiger partial charge in [-0.15, -0.1) is 0 Å². The average Bonchev–Trinajstić information content (AvgIpc) is 2.93. The van der Waals surface area contributed by atoms with Crippen molar-refractivity contribution in [3.05, 3.63) is 58.1 Å². The number of urea groups is 1. The number of benzene rings is 2. The maximum absolute atomic E-state index is 12.2. The fourth-order valence-electron chi connectivity index (χ4n) is 2.72. The molecular weight excluding hydrogens is 361 g/mol. The second-order valence-electron chi connectivity index (χ2n) is 5.94. The normalized spacial score (nSPS) is 16.8. The number of carbonyl (C=O) groups excluding carboxylic acids is 2. The van der Waals surface area contributed by atoms with E-state index in [0.29, 0.717) is 17.3 Å². The third-order valence-electron chi connectivity index (χ3n) is 4.01. The Kier molecular flexibility index (Phi) is 5.16. The standard InChI is InChI=1S/C18H17Cl2N3O2/c1-11-5-7-13(8-6-11)23-10-12(9-16(23)24)21-18(25)22-15-4-2-3-14(19)17(15)20/h2-8,12H,9-10H2,1H3,(H2,21,22,25)/t12-/m0/s1. The number of anilines is 2. The molecule has 2 aromatic carbocycles. The number of hydrogen-bond donors (Lipinski definition) is 2. The first kappa shape index (κ1) is 17.6. The molecule has 0 unspecified atom stereocenters. The van der Waals surface area contributed by atoms with Crippen molar-refractivity contribution in [3.63, 3.8) is 0 Å². The summed E-state index contributed by atoms with van der Waals surface area (Å²) in [6.45, 7) is 2.42. The molecule has 0 saturated carbocycles. The van der Waals surface area contributed by atoms with E-state index in [9.17, 15) is 9.59 Å². The Morgan fingerprint density at radius 1 is 1.16 bits per heavy atom. The molecule has 25 heavy (non-hydrogen) atoms. The van der Waals surface area contributed by atoms with Gasteiger partial charge in [0.05, 0.1) is 21.8 Å². The van der Waals surface area contributed by atoms with Crippen LogP contribution in [-0.4, -0.2) is 24.5 Å². The van der Waals surface area contributed by atoms with E-state index in [4.69, 9.17) is 23.2 Å². The largest absolute Gasteiger partial charge is 0.333 e. The monoisotopic (exact) mass is 377 g/mol. The average molecular weight is 378 g/mol. The third-order valence-corrected chi connectivity index (χ3v) is 4.82. The Morgan fingerprint density at radius 2 is 1.88 bits per heavy atom. The Balaban J connectivity index is 1.62. The molecule has 1 aliphatic rings. The summed E-state index contributed by atoms with van der Waals surface area (Å²) in [6, 6.07) is 12.0. The summed E-state index contributed by atoms with van der Waals surface area (Å²) in [6.07, 6.45) is 0.255. The van der Waals surface area contributed by atoms with Crippen molar-refractivity contribution < 1.29 is 9.59 Å². The van der Waals surface area contributed by atoms with E-state index in [1.165, 1.54) is 0 Å². The zero-order valence-electron chi connectivity index (χ0n) is 13.6. The van der Waals surface area contributed by atoms with Crippen LogP contribution in [0.3, 0.4) is 0 Å². The van der Waals surface area contributed by atoms with Crippen LogP contribution in [0.4, 0.5) is 16.2 Å². The van der Waals surface area contributed by atoms with Crippen LogP contribution in [0.2, 0.25) is 10.0 Å². The van der Waals surface area contributed by atoms with Gasteiger partial charge in [0.25, 0.3) is 0 Å². The van der Waals surface area contributed by atoms with Crippen molar-refractivity contribution in [2.75, 3.05) is 16.8 Å².